The Morgan fingerprint density at radius 2 is 1.68 bits per heavy atom. The van der Waals surface area contributed by atoms with Crippen molar-refractivity contribution < 1.29 is 35.8 Å². The summed E-state index contributed by atoms with van der Waals surface area (Å²) >= 11 is 0. The summed E-state index contributed by atoms with van der Waals surface area (Å²) in [6.07, 6.45) is -6.62. The lowest BCUT2D eigenvalue weighted by Crippen LogP contribution is -2.18. The van der Waals surface area contributed by atoms with Crippen LogP contribution in [0.15, 0.2) is 66.9 Å². The molecule has 3 nitrogen and oxygen atoms in total. The average molecular weight is 437 g/mol. The van der Waals surface area contributed by atoms with Crippen LogP contribution >= 0.6 is 0 Å². The molecule has 4 rings (SSSR count). The van der Waals surface area contributed by atoms with Gasteiger partial charge in [0, 0.05) is 23.4 Å². The minimum absolute atomic E-state index is 0.103. The van der Waals surface area contributed by atoms with E-state index in [4.69, 9.17) is 9.47 Å². The Hall–Kier alpha value is -3.49. The molecule has 0 N–H and O–H groups in total. The molecular formula is C22H13F6NO2. The Bertz CT molecular complexity index is 1120. The van der Waals surface area contributed by atoms with E-state index < -0.39 is 35.1 Å². The van der Waals surface area contributed by atoms with Crippen LogP contribution in [0.4, 0.5) is 26.3 Å². The number of hydrogen-bond acceptors (Lipinski definition) is 3. The van der Waals surface area contributed by atoms with Gasteiger partial charge < -0.3 is 9.47 Å². The number of pyridine rings is 1. The van der Waals surface area contributed by atoms with Crippen LogP contribution in [-0.2, 0) is 12.4 Å². The molecule has 0 spiro atoms. The Labute approximate surface area is 172 Å². The third-order valence-corrected chi connectivity index (χ3v) is 4.54. The highest BCUT2D eigenvalue weighted by Crippen LogP contribution is 2.42. The van der Waals surface area contributed by atoms with Gasteiger partial charge in [-0.1, -0.05) is 18.2 Å². The van der Waals surface area contributed by atoms with E-state index in [1.165, 1.54) is 18.2 Å². The van der Waals surface area contributed by atoms with Crippen molar-refractivity contribution in [1.82, 2.24) is 4.98 Å². The van der Waals surface area contributed by atoms with Gasteiger partial charge in [-0.25, -0.2) is 4.98 Å². The first kappa shape index (κ1) is 20.8. The minimum atomic E-state index is -4.98. The summed E-state index contributed by atoms with van der Waals surface area (Å²) in [5.41, 5.74) is -2.63. The van der Waals surface area contributed by atoms with E-state index in [1.807, 2.05) is 0 Å². The highest BCUT2D eigenvalue weighted by atomic mass is 19.4. The van der Waals surface area contributed by atoms with Gasteiger partial charge in [0.25, 0.3) is 0 Å². The molecule has 0 radical (unpaired) electrons. The molecule has 0 saturated carbocycles. The third kappa shape index (κ3) is 4.50. The van der Waals surface area contributed by atoms with Crippen molar-refractivity contribution in [2.45, 2.75) is 18.5 Å². The molecule has 1 aliphatic rings. The highest BCUT2D eigenvalue weighted by Gasteiger charge is 2.39. The lowest BCUT2D eigenvalue weighted by atomic mass is 9.96. The van der Waals surface area contributed by atoms with Crippen LogP contribution in [0.1, 0.15) is 28.4 Å². The maximum Gasteiger partial charge on any atom is 0.416 e. The Morgan fingerprint density at radius 1 is 0.871 bits per heavy atom. The van der Waals surface area contributed by atoms with Crippen molar-refractivity contribution in [3.8, 4) is 17.4 Å². The fraction of sp³-hybridized carbons (Fsp3) is 0.136. The molecule has 1 aliphatic heterocycles. The Balaban J connectivity index is 1.63. The van der Waals surface area contributed by atoms with Gasteiger partial charge in [0.1, 0.15) is 17.6 Å². The second-order valence-electron chi connectivity index (χ2n) is 6.66. The number of aromatic nitrogens is 1. The van der Waals surface area contributed by atoms with Gasteiger partial charge in [-0.2, -0.15) is 26.3 Å². The summed E-state index contributed by atoms with van der Waals surface area (Å²) in [4.78, 5) is 4.04. The predicted octanol–water partition coefficient (Wildman–Crippen LogP) is 7.06. The van der Waals surface area contributed by atoms with Crippen LogP contribution in [0.25, 0.3) is 6.08 Å². The summed E-state index contributed by atoms with van der Waals surface area (Å²) in [5, 5.41) is 0. The normalized spacial score (nSPS) is 15.9. The van der Waals surface area contributed by atoms with Crippen LogP contribution in [0.3, 0.4) is 0 Å². The summed E-state index contributed by atoms with van der Waals surface area (Å²) in [5.74, 6) is 1.07. The maximum atomic E-state index is 13.5. The molecular weight excluding hydrogens is 424 g/mol. The molecule has 0 aliphatic carbocycles. The first-order valence-corrected chi connectivity index (χ1v) is 8.97. The summed E-state index contributed by atoms with van der Waals surface area (Å²) in [6, 6.07) is 11.3. The van der Waals surface area contributed by atoms with Crippen LogP contribution < -0.4 is 9.47 Å². The van der Waals surface area contributed by atoms with E-state index >= 15 is 0 Å². The van der Waals surface area contributed by atoms with Crippen LogP contribution in [0.5, 0.6) is 17.4 Å². The minimum Gasteiger partial charge on any atom is -0.481 e. The molecule has 0 amide bonds. The Kier molecular flexibility index (Phi) is 5.12. The second kappa shape index (κ2) is 7.64. The van der Waals surface area contributed by atoms with Gasteiger partial charge in [-0.3, -0.25) is 0 Å². The van der Waals surface area contributed by atoms with E-state index in [1.54, 1.807) is 36.5 Å². The Morgan fingerprint density at radius 3 is 2.35 bits per heavy atom. The molecule has 160 valence electrons. The van der Waals surface area contributed by atoms with Crippen molar-refractivity contribution >= 4 is 6.08 Å². The zero-order valence-electron chi connectivity index (χ0n) is 15.5. The van der Waals surface area contributed by atoms with Crippen LogP contribution in [0, 0.1) is 0 Å². The second-order valence-corrected chi connectivity index (χ2v) is 6.66. The number of nitrogens with zero attached hydrogens (tertiary/aromatic N) is 1. The van der Waals surface area contributed by atoms with Crippen LogP contribution in [-0.4, -0.2) is 4.98 Å². The summed E-state index contributed by atoms with van der Waals surface area (Å²) in [6.45, 7) is 0. The first-order valence-electron chi connectivity index (χ1n) is 8.97. The number of ether oxygens (including phenoxy) is 2. The van der Waals surface area contributed by atoms with E-state index in [0.717, 1.165) is 6.07 Å². The molecule has 1 unspecified atom stereocenters. The number of hydrogen-bond donors (Lipinski definition) is 0. The molecule has 9 heteroatoms. The predicted molar refractivity (Wildman–Crippen MR) is 99.6 cm³/mol. The number of fused-ring (bicyclic) bond motifs is 1. The molecule has 0 saturated heterocycles. The van der Waals surface area contributed by atoms with E-state index in [9.17, 15) is 26.3 Å². The monoisotopic (exact) mass is 437 g/mol. The van der Waals surface area contributed by atoms with Gasteiger partial charge in [0.15, 0.2) is 0 Å². The first-order chi connectivity index (χ1) is 14.6. The van der Waals surface area contributed by atoms with Gasteiger partial charge in [-0.05, 0) is 42.5 Å². The van der Waals surface area contributed by atoms with Crippen molar-refractivity contribution in [2.75, 3.05) is 0 Å². The van der Waals surface area contributed by atoms with Crippen molar-refractivity contribution in [2.24, 2.45) is 0 Å². The van der Waals surface area contributed by atoms with Crippen LogP contribution in [0.2, 0.25) is 0 Å². The van der Waals surface area contributed by atoms with Crippen molar-refractivity contribution in [3.05, 3.63) is 89.1 Å². The molecule has 2 heterocycles. The number of benzene rings is 2. The molecule has 1 aromatic heterocycles. The molecule has 1 atom stereocenters. The highest BCUT2D eigenvalue weighted by molar-refractivity contribution is 5.63. The fourth-order valence-corrected chi connectivity index (χ4v) is 3.12. The molecule has 3 aromatic rings. The summed E-state index contributed by atoms with van der Waals surface area (Å²) < 4.78 is 90.3. The summed E-state index contributed by atoms with van der Waals surface area (Å²) in [7, 11) is 0. The molecule has 0 fully saturated rings. The zero-order chi connectivity index (χ0) is 22.2. The van der Waals surface area contributed by atoms with Gasteiger partial charge >= 0.3 is 12.4 Å². The van der Waals surface area contributed by atoms with Crippen molar-refractivity contribution in [1.29, 1.82) is 0 Å². The molecule has 2 aromatic carbocycles. The number of alkyl halides is 6. The fourth-order valence-electron chi connectivity index (χ4n) is 3.12. The number of halogens is 6. The smallest absolute Gasteiger partial charge is 0.416 e. The largest absolute Gasteiger partial charge is 0.481 e. The van der Waals surface area contributed by atoms with E-state index in [0.29, 0.717) is 23.3 Å². The third-order valence-electron chi connectivity index (χ3n) is 4.54. The topological polar surface area (TPSA) is 31.4 Å². The lowest BCUT2D eigenvalue weighted by molar-refractivity contribution is -0.143. The standard InChI is InChI=1S/C22H13F6NO2/c23-21(24,25)14-5-7-16(17(12-14)22(26,27)28)19-8-4-13-11-15(6-9-18(13)31-19)30-20-3-1-2-10-29-20/h1-12,19H. The lowest BCUT2D eigenvalue weighted by Gasteiger charge is -2.25. The molecule has 31 heavy (non-hydrogen) atoms. The maximum absolute atomic E-state index is 13.5. The van der Waals surface area contributed by atoms with Gasteiger partial charge in [-0.15, -0.1) is 0 Å². The number of rotatable bonds is 3. The van der Waals surface area contributed by atoms with Crippen molar-refractivity contribution in [3.63, 3.8) is 0 Å². The van der Waals surface area contributed by atoms with E-state index in [2.05, 4.69) is 4.98 Å². The average Bonchev–Trinajstić information content (AvgIpc) is 2.72. The van der Waals surface area contributed by atoms with E-state index in [-0.39, 0.29) is 11.8 Å². The quantitative estimate of drug-likeness (QED) is 0.411. The van der Waals surface area contributed by atoms with Gasteiger partial charge in [0.05, 0.1) is 11.1 Å². The zero-order valence-corrected chi connectivity index (χ0v) is 15.5. The SMILES string of the molecule is FC(F)(F)c1ccc(C2C=Cc3cc(Oc4ccccn4)ccc3O2)c(C(F)(F)F)c1. The van der Waals surface area contributed by atoms with Gasteiger partial charge in [0.2, 0.25) is 5.88 Å². The molecule has 0 bridgehead atoms.